The van der Waals surface area contributed by atoms with E-state index in [4.69, 9.17) is 14.2 Å². The lowest BCUT2D eigenvalue weighted by atomic mass is 10.0. The third-order valence-corrected chi connectivity index (χ3v) is 14.5. The highest BCUT2D eigenvalue weighted by atomic mass is 16.6. The molecule has 0 fully saturated rings. The number of ether oxygens (including phenoxy) is 3. The minimum Gasteiger partial charge on any atom is -0.462 e. The highest BCUT2D eigenvalue weighted by Crippen LogP contribution is 2.17. The lowest BCUT2D eigenvalue weighted by molar-refractivity contribution is -0.167. The number of carbonyl (C=O) groups is 3. The lowest BCUT2D eigenvalue weighted by Crippen LogP contribution is -2.30. The fraction of sp³-hybridized carbons (Fsp3) is 0.693. The fourth-order valence-electron chi connectivity index (χ4n) is 9.44. The molecular formula is C75H126O6. The SMILES string of the molecule is CC/C=C\C/C=C\C/C=C\C/C=C\C/C=C\C/C=C\CCCCC(=O)OC(COC(=O)CCCCCCCCCCC)COC(=O)CCCCCCCCCCCCCCCCCCCCCC/C=C\C/C=C\C/C=C\C/C=C\CC. The molecule has 0 saturated carbocycles. The molecule has 0 saturated heterocycles. The van der Waals surface area contributed by atoms with Crippen LogP contribution in [-0.2, 0) is 28.6 Å². The van der Waals surface area contributed by atoms with E-state index in [-0.39, 0.29) is 37.5 Å². The Morgan fingerprint density at radius 2 is 0.481 bits per heavy atom. The third-order valence-electron chi connectivity index (χ3n) is 14.5. The van der Waals surface area contributed by atoms with E-state index in [9.17, 15) is 14.4 Å². The first kappa shape index (κ1) is 76.8. The molecule has 0 aromatic heterocycles. The van der Waals surface area contributed by atoms with Crippen LogP contribution in [-0.4, -0.2) is 37.2 Å². The number of allylic oxidation sites excluding steroid dienone is 20. The summed E-state index contributed by atoms with van der Waals surface area (Å²) in [6, 6.07) is 0. The van der Waals surface area contributed by atoms with Crippen molar-refractivity contribution in [3.05, 3.63) is 122 Å². The largest absolute Gasteiger partial charge is 0.462 e. The molecule has 0 radical (unpaired) electrons. The van der Waals surface area contributed by atoms with E-state index in [0.29, 0.717) is 19.3 Å². The van der Waals surface area contributed by atoms with Crippen LogP contribution in [0.5, 0.6) is 0 Å². The van der Waals surface area contributed by atoms with Gasteiger partial charge in [-0.2, -0.15) is 0 Å². The van der Waals surface area contributed by atoms with Gasteiger partial charge in [0.2, 0.25) is 0 Å². The maximum absolute atomic E-state index is 12.9. The zero-order valence-electron chi connectivity index (χ0n) is 53.0. The average Bonchev–Trinajstić information content (AvgIpc) is 3.47. The zero-order valence-corrected chi connectivity index (χ0v) is 53.0. The monoisotopic (exact) mass is 1120 g/mol. The number of unbranched alkanes of at least 4 members (excludes halogenated alkanes) is 30. The van der Waals surface area contributed by atoms with E-state index in [0.717, 1.165) is 116 Å². The van der Waals surface area contributed by atoms with Crippen LogP contribution in [0.1, 0.15) is 316 Å². The van der Waals surface area contributed by atoms with E-state index < -0.39 is 6.10 Å². The summed E-state index contributed by atoms with van der Waals surface area (Å²) < 4.78 is 16.9. The molecule has 0 aromatic rings. The molecule has 0 aliphatic rings. The van der Waals surface area contributed by atoms with Crippen LogP contribution in [0, 0.1) is 0 Å². The molecule has 462 valence electrons. The molecule has 0 rings (SSSR count). The smallest absolute Gasteiger partial charge is 0.306 e. The van der Waals surface area contributed by atoms with Crippen molar-refractivity contribution < 1.29 is 28.6 Å². The van der Waals surface area contributed by atoms with E-state index in [1.54, 1.807) is 0 Å². The summed E-state index contributed by atoms with van der Waals surface area (Å²) in [6.07, 6.45) is 95.3. The molecule has 81 heavy (non-hydrogen) atoms. The van der Waals surface area contributed by atoms with Crippen LogP contribution >= 0.6 is 0 Å². The number of hydrogen-bond acceptors (Lipinski definition) is 6. The zero-order chi connectivity index (χ0) is 58.5. The quantitative estimate of drug-likeness (QED) is 0.0261. The Hall–Kier alpha value is -4.19. The van der Waals surface area contributed by atoms with Crippen LogP contribution in [0.4, 0.5) is 0 Å². The first-order chi connectivity index (χ1) is 40.0. The molecule has 0 aliphatic carbocycles. The van der Waals surface area contributed by atoms with Gasteiger partial charge in [-0.05, 0) is 109 Å². The van der Waals surface area contributed by atoms with Gasteiger partial charge < -0.3 is 14.2 Å². The normalized spacial score (nSPS) is 12.9. The molecule has 0 amide bonds. The van der Waals surface area contributed by atoms with Crippen molar-refractivity contribution in [3.8, 4) is 0 Å². The Kier molecular flexibility index (Phi) is 64.8. The van der Waals surface area contributed by atoms with Gasteiger partial charge in [0, 0.05) is 19.3 Å². The van der Waals surface area contributed by atoms with Gasteiger partial charge in [0.25, 0.3) is 0 Å². The van der Waals surface area contributed by atoms with Gasteiger partial charge in [0.15, 0.2) is 6.10 Å². The minimum absolute atomic E-state index is 0.0935. The third kappa shape index (κ3) is 66.5. The molecule has 0 aliphatic heterocycles. The molecule has 1 unspecified atom stereocenters. The van der Waals surface area contributed by atoms with Crippen molar-refractivity contribution in [2.75, 3.05) is 13.2 Å². The molecule has 1 atom stereocenters. The van der Waals surface area contributed by atoms with E-state index in [1.165, 1.54) is 154 Å². The van der Waals surface area contributed by atoms with Gasteiger partial charge in [0.05, 0.1) is 0 Å². The Labute approximate surface area is 501 Å². The summed E-state index contributed by atoms with van der Waals surface area (Å²) in [5, 5.41) is 0. The van der Waals surface area contributed by atoms with Gasteiger partial charge >= 0.3 is 17.9 Å². The highest BCUT2D eigenvalue weighted by molar-refractivity contribution is 5.71. The molecular weight excluding hydrogens is 997 g/mol. The number of hydrogen-bond donors (Lipinski definition) is 0. The highest BCUT2D eigenvalue weighted by Gasteiger charge is 2.19. The summed E-state index contributed by atoms with van der Waals surface area (Å²) in [5.74, 6) is -0.931. The fourth-order valence-corrected chi connectivity index (χ4v) is 9.44. The van der Waals surface area contributed by atoms with Crippen molar-refractivity contribution in [3.63, 3.8) is 0 Å². The van der Waals surface area contributed by atoms with Gasteiger partial charge in [-0.1, -0.05) is 309 Å². The van der Waals surface area contributed by atoms with Gasteiger partial charge in [0.1, 0.15) is 13.2 Å². The Balaban J connectivity index is 4.16. The second kappa shape index (κ2) is 68.3. The summed E-state index contributed by atoms with van der Waals surface area (Å²) in [7, 11) is 0. The van der Waals surface area contributed by atoms with E-state index in [1.807, 2.05) is 0 Å². The van der Waals surface area contributed by atoms with Crippen molar-refractivity contribution >= 4 is 17.9 Å². The Morgan fingerprint density at radius 1 is 0.259 bits per heavy atom. The van der Waals surface area contributed by atoms with Crippen LogP contribution in [0.25, 0.3) is 0 Å². The molecule has 0 spiro atoms. The van der Waals surface area contributed by atoms with Crippen molar-refractivity contribution in [1.82, 2.24) is 0 Å². The van der Waals surface area contributed by atoms with Crippen LogP contribution in [0.2, 0.25) is 0 Å². The van der Waals surface area contributed by atoms with Crippen LogP contribution < -0.4 is 0 Å². The summed E-state index contributed by atoms with van der Waals surface area (Å²) in [6.45, 7) is 6.38. The predicted octanol–water partition coefficient (Wildman–Crippen LogP) is 23.6. The molecule has 6 nitrogen and oxygen atoms in total. The molecule has 0 aromatic carbocycles. The van der Waals surface area contributed by atoms with Crippen molar-refractivity contribution in [2.24, 2.45) is 0 Å². The number of esters is 3. The minimum atomic E-state index is -0.800. The number of rotatable bonds is 61. The summed E-state index contributed by atoms with van der Waals surface area (Å²) >= 11 is 0. The second-order valence-electron chi connectivity index (χ2n) is 22.3. The predicted molar refractivity (Wildman–Crippen MR) is 353 cm³/mol. The first-order valence-corrected chi connectivity index (χ1v) is 34.0. The maximum atomic E-state index is 12.9. The molecule has 6 heteroatoms. The Morgan fingerprint density at radius 3 is 0.778 bits per heavy atom. The molecule has 0 bridgehead atoms. The van der Waals surface area contributed by atoms with Gasteiger partial charge in [-0.25, -0.2) is 0 Å². The second-order valence-corrected chi connectivity index (χ2v) is 22.3. The van der Waals surface area contributed by atoms with Crippen LogP contribution in [0.3, 0.4) is 0 Å². The molecule has 0 heterocycles. The van der Waals surface area contributed by atoms with Crippen molar-refractivity contribution in [1.29, 1.82) is 0 Å². The Bertz CT molecular complexity index is 1670. The number of carbonyl (C=O) groups excluding carboxylic acids is 3. The summed E-state index contributed by atoms with van der Waals surface area (Å²) in [5.41, 5.74) is 0. The van der Waals surface area contributed by atoms with Gasteiger partial charge in [-0.15, -0.1) is 0 Å². The topological polar surface area (TPSA) is 78.9 Å². The lowest BCUT2D eigenvalue weighted by Gasteiger charge is -2.18. The standard InChI is InChI=1S/C75H126O6/c1-4-7-10-13-16-19-21-23-25-27-29-31-32-33-34-35-36-37-38-39-40-41-42-44-45-47-49-51-53-56-59-62-65-68-74(77)80-71-72(70-79-73(76)67-64-61-58-55-18-15-12-9-6-3)81-75(78)69-66-63-60-57-54-52-50-48-46-43-30-28-26-24-22-20-17-14-11-8-5-2/h7-8,10-11,16-17,19-20,23-26,29-31,43,48,50,54,57,72H,4-6,9,12-15,18,21-22,27-28,32-42,44-47,49,51-53,55-56,58-71H2,1-3H3/b10-7-,11-8-,19-16-,20-17-,25-23-,26-24-,31-29-,43-30-,50-48-,57-54-. The maximum Gasteiger partial charge on any atom is 0.306 e. The molecule has 0 N–H and O–H groups in total. The van der Waals surface area contributed by atoms with E-state index >= 15 is 0 Å². The first-order valence-electron chi connectivity index (χ1n) is 34.0. The van der Waals surface area contributed by atoms with E-state index in [2.05, 4.69) is 142 Å². The van der Waals surface area contributed by atoms with Gasteiger partial charge in [-0.3, -0.25) is 14.4 Å². The average molecular weight is 1120 g/mol. The van der Waals surface area contributed by atoms with Crippen LogP contribution in [0.15, 0.2) is 122 Å². The summed E-state index contributed by atoms with van der Waals surface area (Å²) in [4.78, 5) is 38.2. The van der Waals surface area contributed by atoms with Crippen molar-refractivity contribution in [2.45, 2.75) is 322 Å².